The van der Waals surface area contributed by atoms with E-state index in [2.05, 4.69) is 20.9 Å². The monoisotopic (exact) mass is 590 g/mol. The van der Waals surface area contributed by atoms with E-state index in [4.69, 9.17) is 9.47 Å². The van der Waals surface area contributed by atoms with Crippen molar-refractivity contribution < 1.29 is 23.9 Å². The highest BCUT2D eigenvalue weighted by Gasteiger charge is 2.17. The number of amides is 3. The van der Waals surface area contributed by atoms with Gasteiger partial charge >= 0.3 is 0 Å². The minimum absolute atomic E-state index is 0.0831. The number of carbonyl (C=O) groups is 3. The predicted octanol–water partition coefficient (Wildman–Crippen LogP) is 6.04. The van der Waals surface area contributed by atoms with Crippen LogP contribution in [0.25, 0.3) is 17.0 Å². The standard InChI is InChI=1S/C33H26N4O5S/c38-31(35-24-13-14-29-30(17-24)42-20-41-29)19-43-25-10-6-9-23(16-25)36-33(40)28(37-32(39)21-7-2-1-3-8-21)15-22-18-34-27-12-5-4-11-26(22)27/h1-18,34H,19-20H2,(H,35,38)(H,36,40)(H,37,39)/b28-15-. The Hall–Kier alpha value is -5.48. The van der Waals surface area contributed by atoms with Crippen molar-refractivity contribution in [2.24, 2.45) is 0 Å². The van der Waals surface area contributed by atoms with Gasteiger partial charge < -0.3 is 30.4 Å². The number of para-hydroxylation sites is 1. The summed E-state index contributed by atoms with van der Waals surface area (Å²) in [6.07, 6.45) is 3.44. The molecule has 2 heterocycles. The number of hydrogen-bond acceptors (Lipinski definition) is 6. The Labute approximate surface area is 251 Å². The molecule has 1 aromatic heterocycles. The van der Waals surface area contributed by atoms with Crippen molar-refractivity contribution in [3.05, 3.63) is 120 Å². The van der Waals surface area contributed by atoms with Gasteiger partial charge in [-0.15, -0.1) is 11.8 Å². The third kappa shape index (κ3) is 6.71. The first-order valence-corrected chi connectivity index (χ1v) is 14.4. The third-order valence-corrected chi connectivity index (χ3v) is 7.56. The number of hydrogen-bond donors (Lipinski definition) is 4. The van der Waals surface area contributed by atoms with Crippen molar-refractivity contribution in [3.8, 4) is 11.5 Å². The first-order chi connectivity index (χ1) is 21.0. The van der Waals surface area contributed by atoms with Gasteiger partial charge in [-0.1, -0.05) is 42.5 Å². The summed E-state index contributed by atoms with van der Waals surface area (Å²) >= 11 is 1.33. The van der Waals surface area contributed by atoms with Gasteiger partial charge in [-0.25, -0.2) is 0 Å². The maximum atomic E-state index is 13.5. The fourth-order valence-corrected chi connectivity index (χ4v) is 5.25. The minimum atomic E-state index is -0.489. The van der Waals surface area contributed by atoms with Gasteiger partial charge in [-0.3, -0.25) is 14.4 Å². The summed E-state index contributed by atoms with van der Waals surface area (Å²) in [5, 5.41) is 9.42. The van der Waals surface area contributed by atoms with Gasteiger partial charge in [0.1, 0.15) is 5.70 Å². The van der Waals surface area contributed by atoms with Crippen molar-refractivity contribution in [2.45, 2.75) is 4.90 Å². The average molecular weight is 591 g/mol. The molecule has 4 aromatic carbocycles. The number of ether oxygens (including phenoxy) is 2. The fraction of sp³-hybridized carbons (Fsp3) is 0.0606. The van der Waals surface area contributed by atoms with E-state index in [9.17, 15) is 14.4 Å². The molecule has 0 saturated heterocycles. The zero-order chi connectivity index (χ0) is 29.6. The normalized spacial score (nSPS) is 12.1. The molecular formula is C33H26N4O5S. The van der Waals surface area contributed by atoms with Crippen molar-refractivity contribution >= 4 is 57.8 Å². The van der Waals surface area contributed by atoms with E-state index in [1.807, 2.05) is 36.4 Å². The molecule has 10 heteroatoms. The number of rotatable bonds is 9. The summed E-state index contributed by atoms with van der Waals surface area (Å²) in [7, 11) is 0. The molecule has 3 amide bonds. The second-order valence-electron chi connectivity index (χ2n) is 9.55. The highest BCUT2D eigenvalue weighted by Crippen LogP contribution is 2.34. The van der Waals surface area contributed by atoms with Crippen LogP contribution in [-0.2, 0) is 9.59 Å². The molecule has 0 bridgehead atoms. The van der Waals surface area contributed by atoms with Crippen LogP contribution in [-0.4, -0.2) is 35.3 Å². The zero-order valence-electron chi connectivity index (χ0n) is 22.8. The molecule has 0 spiro atoms. The van der Waals surface area contributed by atoms with Gasteiger partial charge in [0.15, 0.2) is 11.5 Å². The Balaban J connectivity index is 1.15. The Bertz CT molecular complexity index is 1850. The van der Waals surface area contributed by atoms with E-state index >= 15 is 0 Å². The van der Waals surface area contributed by atoms with Gasteiger partial charge in [0.25, 0.3) is 11.8 Å². The summed E-state index contributed by atoms with van der Waals surface area (Å²) in [5.41, 5.74) is 3.31. The highest BCUT2D eigenvalue weighted by molar-refractivity contribution is 8.00. The molecule has 0 aliphatic carbocycles. The quantitative estimate of drug-likeness (QED) is 0.123. The van der Waals surface area contributed by atoms with E-state index in [0.717, 1.165) is 21.4 Å². The number of anilines is 2. The summed E-state index contributed by atoms with van der Waals surface area (Å²) in [6, 6.07) is 28.8. The largest absolute Gasteiger partial charge is 0.454 e. The Kier molecular flexibility index (Phi) is 8.10. The Morgan fingerprint density at radius 1 is 0.814 bits per heavy atom. The predicted molar refractivity (Wildman–Crippen MR) is 167 cm³/mol. The van der Waals surface area contributed by atoms with Crippen LogP contribution in [0.5, 0.6) is 11.5 Å². The van der Waals surface area contributed by atoms with Crippen LogP contribution < -0.4 is 25.4 Å². The number of nitrogens with one attached hydrogen (secondary N) is 4. The lowest BCUT2D eigenvalue weighted by Crippen LogP contribution is -2.30. The third-order valence-electron chi connectivity index (χ3n) is 6.57. The van der Waals surface area contributed by atoms with Crippen molar-refractivity contribution in [3.63, 3.8) is 0 Å². The highest BCUT2D eigenvalue weighted by atomic mass is 32.2. The summed E-state index contributed by atoms with van der Waals surface area (Å²) in [5.74, 6) is 0.310. The number of thioether (sulfide) groups is 1. The van der Waals surface area contributed by atoms with Crippen molar-refractivity contribution in [2.75, 3.05) is 23.2 Å². The maximum Gasteiger partial charge on any atom is 0.272 e. The molecule has 6 rings (SSSR count). The molecule has 0 unspecified atom stereocenters. The lowest BCUT2D eigenvalue weighted by atomic mass is 10.1. The van der Waals surface area contributed by atoms with E-state index in [1.54, 1.807) is 72.9 Å². The number of H-pyrrole nitrogens is 1. The zero-order valence-corrected chi connectivity index (χ0v) is 23.6. The Morgan fingerprint density at radius 3 is 2.49 bits per heavy atom. The number of carbonyl (C=O) groups excluding carboxylic acids is 3. The van der Waals surface area contributed by atoms with Gasteiger partial charge in [-0.2, -0.15) is 0 Å². The molecule has 1 aliphatic heterocycles. The van der Waals surface area contributed by atoms with Gasteiger partial charge in [0.05, 0.1) is 5.75 Å². The first-order valence-electron chi connectivity index (χ1n) is 13.4. The van der Waals surface area contributed by atoms with Crippen LogP contribution >= 0.6 is 11.8 Å². The summed E-state index contributed by atoms with van der Waals surface area (Å²) < 4.78 is 10.7. The molecular weight excluding hydrogens is 564 g/mol. The van der Waals surface area contributed by atoms with E-state index < -0.39 is 11.8 Å². The molecule has 214 valence electrons. The van der Waals surface area contributed by atoms with E-state index in [1.165, 1.54) is 11.8 Å². The number of aromatic nitrogens is 1. The summed E-state index contributed by atoms with van der Waals surface area (Å²) in [6.45, 7) is 0.162. The number of fused-ring (bicyclic) bond motifs is 2. The van der Waals surface area contributed by atoms with Crippen LogP contribution in [0.15, 0.2) is 114 Å². The van der Waals surface area contributed by atoms with E-state index in [-0.39, 0.29) is 24.2 Å². The molecule has 0 fully saturated rings. The van der Waals surface area contributed by atoms with Gasteiger partial charge in [-0.05, 0) is 54.6 Å². The Morgan fingerprint density at radius 2 is 1.60 bits per heavy atom. The second-order valence-corrected chi connectivity index (χ2v) is 10.6. The first kappa shape index (κ1) is 27.7. The molecule has 5 aromatic rings. The molecule has 4 N–H and O–H groups in total. The van der Waals surface area contributed by atoms with Crippen molar-refractivity contribution in [1.29, 1.82) is 0 Å². The molecule has 1 aliphatic rings. The molecule has 43 heavy (non-hydrogen) atoms. The number of benzene rings is 4. The van der Waals surface area contributed by atoms with Crippen LogP contribution in [0.1, 0.15) is 15.9 Å². The number of aromatic amines is 1. The molecule has 9 nitrogen and oxygen atoms in total. The topological polar surface area (TPSA) is 122 Å². The molecule has 0 radical (unpaired) electrons. The fourth-order valence-electron chi connectivity index (χ4n) is 4.49. The lowest BCUT2D eigenvalue weighted by molar-refractivity contribution is -0.114. The van der Waals surface area contributed by atoms with Crippen LogP contribution in [0.4, 0.5) is 11.4 Å². The van der Waals surface area contributed by atoms with Gasteiger partial charge in [0, 0.05) is 50.6 Å². The van der Waals surface area contributed by atoms with Crippen LogP contribution in [0, 0.1) is 0 Å². The van der Waals surface area contributed by atoms with E-state index in [0.29, 0.717) is 28.4 Å². The maximum absolute atomic E-state index is 13.5. The molecule has 0 saturated carbocycles. The minimum Gasteiger partial charge on any atom is -0.454 e. The average Bonchev–Trinajstić information content (AvgIpc) is 3.67. The summed E-state index contributed by atoms with van der Waals surface area (Å²) in [4.78, 5) is 43.1. The SMILES string of the molecule is O=C(CSc1cccc(NC(=O)/C(=C/c2c[nH]c3ccccc23)NC(=O)c2ccccc2)c1)Nc1ccc2c(c1)OCO2. The van der Waals surface area contributed by atoms with Crippen LogP contribution in [0.3, 0.4) is 0 Å². The second kappa shape index (κ2) is 12.6. The molecule has 0 atom stereocenters. The smallest absolute Gasteiger partial charge is 0.272 e. The van der Waals surface area contributed by atoms with Crippen molar-refractivity contribution in [1.82, 2.24) is 10.3 Å². The van der Waals surface area contributed by atoms with Gasteiger partial charge in [0.2, 0.25) is 12.7 Å². The van der Waals surface area contributed by atoms with Crippen LogP contribution in [0.2, 0.25) is 0 Å². The lowest BCUT2D eigenvalue weighted by Gasteiger charge is -2.12.